The summed E-state index contributed by atoms with van der Waals surface area (Å²) in [5, 5.41) is 7.66. The molecule has 0 radical (unpaired) electrons. The van der Waals surface area contributed by atoms with Crippen LogP contribution in [-0.4, -0.2) is 52.8 Å². The van der Waals surface area contributed by atoms with Gasteiger partial charge in [0.2, 0.25) is 5.91 Å². The highest BCUT2D eigenvalue weighted by Crippen LogP contribution is 2.39. The van der Waals surface area contributed by atoms with Crippen LogP contribution in [-0.2, 0) is 29.4 Å². The molecule has 0 fully saturated rings. The molecule has 1 amide bonds. The third kappa shape index (κ3) is 5.39. The first-order chi connectivity index (χ1) is 19.7. The summed E-state index contributed by atoms with van der Waals surface area (Å²) in [5.41, 5.74) is 2.70. The largest absolute Gasteiger partial charge is 0.383 e. The molecule has 2 aromatic carbocycles. The minimum Gasteiger partial charge on any atom is -0.383 e. The van der Waals surface area contributed by atoms with Gasteiger partial charge in [-0.15, -0.1) is 0 Å². The normalized spacial score (nSPS) is 15.1. The number of benzene rings is 2. The summed E-state index contributed by atoms with van der Waals surface area (Å²) in [6.45, 7) is 3.99. The van der Waals surface area contributed by atoms with E-state index in [0.717, 1.165) is 27.6 Å². The summed E-state index contributed by atoms with van der Waals surface area (Å²) >= 11 is 0. The molecule has 0 aliphatic carbocycles. The lowest BCUT2D eigenvalue weighted by atomic mass is 9.83. The summed E-state index contributed by atoms with van der Waals surface area (Å²) < 4.78 is 31.5. The number of anilines is 3. The number of ether oxygens (including phenoxy) is 2. The molecule has 1 aliphatic heterocycles. The molecule has 5 rings (SSSR count). The van der Waals surface area contributed by atoms with E-state index in [4.69, 9.17) is 14.3 Å². The first-order valence-corrected chi connectivity index (χ1v) is 14.7. The van der Waals surface area contributed by atoms with Crippen molar-refractivity contribution in [3.05, 3.63) is 83.8 Å². The van der Waals surface area contributed by atoms with Crippen LogP contribution in [0.15, 0.2) is 71.9 Å². The van der Waals surface area contributed by atoms with Crippen LogP contribution in [0.2, 0.25) is 0 Å². The number of nitrogens with one attached hydrogen (secondary N) is 3. The Bertz CT molecular complexity index is 1790. The molecule has 0 saturated heterocycles. The molecule has 3 heterocycles. The van der Waals surface area contributed by atoms with Crippen LogP contribution < -0.4 is 10.6 Å². The number of nitrogens with zero attached hydrogens (tertiary/aromatic N) is 2. The quantitative estimate of drug-likeness (QED) is 0.253. The maximum absolute atomic E-state index is 12.9. The molecular formula is C31H31N5O4S. The lowest BCUT2D eigenvalue weighted by Gasteiger charge is -2.25. The van der Waals surface area contributed by atoms with E-state index in [0.29, 0.717) is 22.1 Å². The first-order valence-electron chi connectivity index (χ1n) is 13.0. The van der Waals surface area contributed by atoms with E-state index in [1.165, 1.54) is 0 Å². The van der Waals surface area contributed by atoms with E-state index in [1.807, 2.05) is 30.3 Å². The highest BCUT2D eigenvalue weighted by Gasteiger charge is 2.47. The Morgan fingerprint density at radius 3 is 2.44 bits per heavy atom. The predicted octanol–water partition coefficient (Wildman–Crippen LogP) is 5.07. The van der Waals surface area contributed by atoms with Gasteiger partial charge >= 0.3 is 0 Å². The van der Waals surface area contributed by atoms with Crippen molar-refractivity contribution in [1.29, 1.82) is 4.78 Å². The molecular weight excluding hydrogens is 538 g/mol. The zero-order valence-electron chi connectivity index (χ0n) is 23.3. The highest BCUT2D eigenvalue weighted by molar-refractivity contribution is 7.93. The molecule has 1 unspecified atom stereocenters. The van der Waals surface area contributed by atoms with Crippen LogP contribution in [0.1, 0.15) is 30.7 Å². The zero-order valence-corrected chi connectivity index (χ0v) is 24.1. The fourth-order valence-electron chi connectivity index (χ4n) is 4.85. The number of pyridine rings is 2. The van der Waals surface area contributed by atoms with Crippen molar-refractivity contribution < 1.29 is 18.5 Å². The number of fused-ring (bicyclic) bond motifs is 2. The van der Waals surface area contributed by atoms with Crippen molar-refractivity contribution in [2.24, 2.45) is 0 Å². The molecule has 3 N–H and O–H groups in total. The van der Waals surface area contributed by atoms with Gasteiger partial charge in [0.25, 0.3) is 0 Å². The molecule has 1 aliphatic rings. The van der Waals surface area contributed by atoms with Gasteiger partial charge in [0, 0.05) is 64.5 Å². The second-order valence-corrected chi connectivity index (χ2v) is 12.8. The molecule has 41 heavy (non-hydrogen) atoms. The van der Waals surface area contributed by atoms with Gasteiger partial charge in [0.05, 0.1) is 22.9 Å². The Labute approximate surface area is 239 Å². The Kier molecular flexibility index (Phi) is 7.78. The SMILES string of the molecule is COCC1(COC)C(=O)Nc2cc(C#Cc3nccc4cnc(Nc5ccc(S(=N)(=O)C(C)C)cc5)cc34)ccc21. The summed E-state index contributed by atoms with van der Waals surface area (Å²) in [7, 11) is 0.286. The monoisotopic (exact) mass is 569 g/mol. The van der Waals surface area contributed by atoms with Crippen molar-refractivity contribution in [3.8, 4) is 11.8 Å². The number of hydrogen-bond donors (Lipinski definition) is 3. The van der Waals surface area contributed by atoms with Gasteiger partial charge in [-0.1, -0.05) is 12.0 Å². The van der Waals surface area contributed by atoms with E-state index in [-0.39, 0.29) is 24.4 Å². The van der Waals surface area contributed by atoms with Gasteiger partial charge in [-0.3, -0.25) is 4.79 Å². The molecule has 10 heteroatoms. The van der Waals surface area contributed by atoms with Gasteiger partial charge < -0.3 is 20.1 Å². The van der Waals surface area contributed by atoms with E-state index in [1.54, 1.807) is 64.7 Å². The van der Waals surface area contributed by atoms with Crippen molar-refractivity contribution in [3.63, 3.8) is 0 Å². The Hall–Kier alpha value is -4.30. The molecule has 9 nitrogen and oxygen atoms in total. The van der Waals surface area contributed by atoms with Crippen molar-refractivity contribution >= 4 is 43.6 Å². The maximum Gasteiger partial charge on any atom is 0.239 e. The van der Waals surface area contributed by atoms with Gasteiger partial charge in [-0.25, -0.2) is 19.0 Å². The fraction of sp³-hybridized carbons (Fsp3) is 0.258. The molecule has 1 atom stereocenters. The minimum absolute atomic E-state index is 0.160. The Balaban J connectivity index is 1.42. The topological polar surface area (TPSA) is 126 Å². The smallest absolute Gasteiger partial charge is 0.239 e. The third-order valence-corrected chi connectivity index (χ3v) is 9.41. The number of hydrogen-bond acceptors (Lipinski definition) is 8. The van der Waals surface area contributed by atoms with Gasteiger partial charge in [-0.2, -0.15) is 0 Å². The van der Waals surface area contributed by atoms with E-state index < -0.39 is 15.1 Å². The number of amides is 1. The highest BCUT2D eigenvalue weighted by atomic mass is 32.2. The first kappa shape index (κ1) is 28.2. The van der Waals surface area contributed by atoms with Crippen LogP contribution in [0.5, 0.6) is 0 Å². The number of carbonyl (C=O) groups is 1. The third-order valence-electron chi connectivity index (χ3n) is 7.11. The fourth-order valence-corrected chi connectivity index (χ4v) is 5.94. The van der Waals surface area contributed by atoms with E-state index in [9.17, 15) is 9.00 Å². The molecule has 0 saturated carbocycles. The minimum atomic E-state index is -2.85. The van der Waals surface area contributed by atoms with Crippen molar-refractivity contribution in [2.45, 2.75) is 29.4 Å². The van der Waals surface area contributed by atoms with E-state index >= 15 is 0 Å². The van der Waals surface area contributed by atoms with Gasteiger partial charge in [-0.05, 0) is 73.9 Å². The Morgan fingerprint density at radius 2 is 1.76 bits per heavy atom. The second kappa shape index (κ2) is 11.3. The second-order valence-electron chi connectivity index (χ2n) is 10.2. The van der Waals surface area contributed by atoms with Crippen LogP contribution in [0, 0.1) is 16.6 Å². The molecule has 2 aromatic heterocycles. The van der Waals surface area contributed by atoms with Crippen molar-refractivity contribution in [1.82, 2.24) is 9.97 Å². The summed E-state index contributed by atoms with van der Waals surface area (Å²) in [4.78, 5) is 22.4. The van der Waals surface area contributed by atoms with Gasteiger partial charge in [0.1, 0.15) is 16.9 Å². The summed E-state index contributed by atoms with van der Waals surface area (Å²) in [5.74, 6) is 6.79. The lowest BCUT2D eigenvalue weighted by molar-refractivity contribution is -0.125. The van der Waals surface area contributed by atoms with Crippen LogP contribution in [0.25, 0.3) is 10.8 Å². The van der Waals surface area contributed by atoms with E-state index in [2.05, 4.69) is 32.4 Å². The lowest BCUT2D eigenvalue weighted by Crippen LogP contribution is -2.43. The average molecular weight is 570 g/mol. The maximum atomic E-state index is 12.9. The number of carbonyl (C=O) groups excluding carboxylic acids is 1. The summed E-state index contributed by atoms with van der Waals surface area (Å²) in [6, 6.07) is 16.4. The predicted molar refractivity (Wildman–Crippen MR) is 160 cm³/mol. The van der Waals surface area contributed by atoms with Crippen molar-refractivity contribution in [2.75, 3.05) is 38.1 Å². The number of aromatic nitrogens is 2. The molecule has 0 spiro atoms. The van der Waals surface area contributed by atoms with Crippen LogP contribution >= 0.6 is 0 Å². The van der Waals surface area contributed by atoms with Crippen LogP contribution in [0.3, 0.4) is 0 Å². The average Bonchev–Trinajstić information content (AvgIpc) is 3.22. The summed E-state index contributed by atoms with van der Waals surface area (Å²) in [6.07, 6.45) is 3.45. The zero-order chi connectivity index (χ0) is 29.2. The van der Waals surface area contributed by atoms with Gasteiger partial charge in [0.15, 0.2) is 0 Å². The standard InChI is InChI=1S/C31H31N5O4S/c1-20(2)41(32,38)24-9-7-23(8-10-24)35-29-16-25-22(17-34-29)13-14-33-27(25)12-6-21-5-11-26-28(15-21)36-30(37)31(26,18-39-3)19-40-4/h5,7-11,13-17,20,32H,18-19H2,1-4H3,(H,34,35)(H,36,37). The molecule has 4 aromatic rings. The molecule has 0 bridgehead atoms. The number of rotatable bonds is 8. The van der Waals surface area contributed by atoms with Crippen LogP contribution in [0.4, 0.5) is 17.2 Å². The number of methoxy groups -OCH3 is 2. The molecule has 210 valence electrons. The Morgan fingerprint density at radius 1 is 1.02 bits per heavy atom.